The highest BCUT2D eigenvalue weighted by atomic mass is 16.5. The van der Waals surface area contributed by atoms with Gasteiger partial charge in [0.15, 0.2) is 0 Å². The molecule has 0 radical (unpaired) electrons. The van der Waals surface area contributed by atoms with Crippen LogP contribution in [0.1, 0.15) is 11.6 Å². The summed E-state index contributed by atoms with van der Waals surface area (Å²) in [6, 6.07) is 8.41. The lowest BCUT2D eigenvalue weighted by atomic mass is 9.89. The molecule has 1 aromatic heterocycles. The number of carbonyl (C=O) groups excluding carboxylic acids is 1. The maximum Gasteiger partial charge on any atom is 0.320 e. The fraction of sp³-hybridized carbons (Fsp3) is 0.524. The molecule has 3 heterocycles. The third-order valence-corrected chi connectivity index (χ3v) is 6.06. The van der Waals surface area contributed by atoms with E-state index in [-0.39, 0.29) is 12.1 Å². The number of ether oxygens (including phenoxy) is 1. The molecule has 7 nitrogen and oxygen atoms in total. The molecule has 0 N–H and O–H groups in total. The van der Waals surface area contributed by atoms with Crippen LogP contribution in [0.25, 0.3) is 0 Å². The number of benzene rings is 1. The van der Waals surface area contributed by atoms with E-state index in [9.17, 15) is 4.79 Å². The molecule has 2 saturated heterocycles. The first kappa shape index (κ1) is 18.8. The Morgan fingerprint density at radius 3 is 2.61 bits per heavy atom. The first-order valence-electron chi connectivity index (χ1n) is 9.87. The summed E-state index contributed by atoms with van der Waals surface area (Å²) in [7, 11) is 5.34. The largest absolute Gasteiger partial charge is 0.497 e. The van der Waals surface area contributed by atoms with Gasteiger partial charge >= 0.3 is 6.03 Å². The zero-order chi connectivity index (χ0) is 19.7. The second-order valence-corrected chi connectivity index (χ2v) is 8.03. The Kier molecular flexibility index (Phi) is 5.26. The molecule has 1 aromatic carbocycles. The number of amides is 2. The van der Waals surface area contributed by atoms with E-state index < -0.39 is 0 Å². The Labute approximate surface area is 166 Å². The topological polar surface area (TPSA) is 53.8 Å². The van der Waals surface area contributed by atoms with Gasteiger partial charge in [-0.15, -0.1) is 0 Å². The van der Waals surface area contributed by atoms with Gasteiger partial charge in [0.25, 0.3) is 0 Å². The van der Waals surface area contributed by atoms with E-state index in [1.807, 2.05) is 44.9 Å². The number of methoxy groups -OCH3 is 1. The lowest BCUT2D eigenvalue weighted by Crippen LogP contribution is -2.41. The highest BCUT2D eigenvalue weighted by Crippen LogP contribution is 2.45. The molecule has 0 aliphatic carbocycles. The summed E-state index contributed by atoms with van der Waals surface area (Å²) in [5, 5.41) is 0. The number of likely N-dealkylation sites (tertiary alicyclic amines) is 2. The van der Waals surface area contributed by atoms with Crippen molar-refractivity contribution in [3.8, 4) is 5.75 Å². The van der Waals surface area contributed by atoms with Crippen molar-refractivity contribution in [3.05, 3.63) is 48.5 Å². The van der Waals surface area contributed by atoms with E-state index >= 15 is 0 Å². The highest BCUT2D eigenvalue weighted by Gasteiger charge is 2.49. The number of nitrogens with zero attached hydrogens (tertiary/aromatic N) is 5. The van der Waals surface area contributed by atoms with Gasteiger partial charge in [-0.2, -0.15) is 0 Å². The molecular formula is C21H29N5O2. The minimum atomic E-state index is 0.0974. The summed E-state index contributed by atoms with van der Waals surface area (Å²) in [6.45, 7) is 4.85. The molecule has 0 bridgehead atoms. The van der Waals surface area contributed by atoms with E-state index in [0.717, 1.165) is 38.5 Å². The molecular weight excluding hydrogens is 354 g/mol. The molecule has 0 saturated carbocycles. The van der Waals surface area contributed by atoms with E-state index in [1.54, 1.807) is 12.0 Å². The van der Waals surface area contributed by atoms with Crippen molar-refractivity contribution in [2.75, 3.05) is 47.4 Å². The Hall–Kier alpha value is -2.54. The summed E-state index contributed by atoms with van der Waals surface area (Å²) in [4.78, 5) is 23.3. The zero-order valence-corrected chi connectivity index (χ0v) is 16.9. The van der Waals surface area contributed by atoms with Gasteiger partial charge in [-0.1, -0.05) is 12.1 Å². The van der Waals surface area contributed by atoms with Crippen LogP contribution in [0.5, 0.6) is 5.75 Å². The van der Waals surface area contributed by atoms with Gasteiger partial charge in [-0.05, 0) is 23.6 Å². The number of hydrogen-bond acceptors (Lipinski definition) is 4. The normalized spacial score (nSPS) is 24.4. The van der Waals surface area contributed by atoms with E-state index in [1.165, 1.54) is 5.56 Å². The van der Waals surface area contributed by atoms with Crippen LogP contribution >= 0.6 is 0 Å². The van der Waals surface area contributed by atoms with Gasteiger partial charge in [-0.25, -0.2) is 9.78 Å². The van der Waals surface area contributed by atoms with Crippen molar-refractivity contribution >= 4 is 6.03 Å². The van der Waals surface area contributed by atoms with E-state index in [0.29, 0.717) is 11.8 Å². The van der Waals surface area contributed by atoms with Crippen LogP contribution in [-0.2, 0) is 6.54 Å². The zero-order valence-electron chi connectivity index (χ0n) is 16.9. The molecule has 150 valence electrons. The Morgan fingerprint density at radius 2 is 1.96 bits per heavy atom. The fourth-order valence-electron chi connectivity index (χ4n) is 4.68. The summed E-state index contributed by atoms with van der Waals surface area (Å²) in [5.41, 5.74) is 1.19. The summed E-state index contributed by atoms with van der Waals surface area (Å²) in [6.07, 6.45) is 5.70. The number of fused-ring (bicyclic) bond motifs is 1. The first-order valence-corrected chi connectivity index (χ1v) is 9.87. The minimum absolute atomic E-state index is 0.0974. The van der Waals surface area contributed by atoms with Crippen LogP contribution < -0.4 is 4.74 Å². The second-order valence-electron chi connectivity index (χ2n) is 8.03. The number of carbonyl (C=O) groups is 1. The van der Waals surface area contributed by atoms with Crippen LogP contribution in [0.3, 0.4) is 0 Å². The summed E-state index contributed by atoms with van der Waals surface area (Å²) >= 11 is 0. The predicted octanol–water partition coefficient (Wildman–Crippen LogP) is 2.18. The molecule has 4 rings (SSSR count). The van der Waals surface area contributed by atoms with E-state index in [4.69, 9.17) is 4.74 Å². The van der Waals surface area contributed by atoms with Crippen LogP contribution in [0.2, 0.25) is 0 Å². The molecule has 3 atom stereocenters. The smallest absolute Gasteiger partial charge is 0.320 e. The number of urea groups is 1. The predicted molar refractivity (Wildman–Crippen MR) is 107 cm³/mol. The average molecular weight is 383 g/mol. The van der Waals surface area contributed by atoms with Gasteiger partial charge in [0.05, 0.1) is 19.5 Å². The first-order chi connectivity index (χ1) is 13.6. The van der Waals surface area contributed by atoms with Gasteiger partial charge in [0.2, 0.25) is 0 Å². The van der Waals surface area contributed by atoms with Crippen LogP contribution in [0.15, 0.2) is 43.0 Å². The molecule has 0 spiro atoms. The fourth-order valence-corrected chi connectivity index (χ4v) is 4.68. The molecule has 7 heteroatoms. The van der Waals surface area contributed by atoms with Crippen molar-refractivity contribution in [3.63, 3.8) is 0 Å². The molecule has 2 aliphatic heterocycles. The number of hydrogen-bond donors (Lipinski definition) is 0. The van der Waals surface area contributed by atoms with Crippen LogP contribution in [-0.4, -0.2) is 77.7 Å². The Balaban J connectivity index is 1.51. The summed E-state index contributed by atoms with van der Waals surface area (Å²) < 4.78 is 7.43. The third-order valence-electron chi connectivity index (χ3n) is 6.06. The Bertz CT molecular complexity index is 790. The van der Waals surface area contributed by atoms with Gasteiger partial charge < -0.3 is 24.0 Å². The van der Waals surface area contributed by atoms with Crippen molar-refractivity contribution in [1.29, 1.82) is 0 Å². The number of rotatable bonds is 5. The quantitative estimate of drug-likeness (QED) is 0.794. The molecule has 28 heavy (non-hydrogen) atoms. The maximum absolute atomic E-state index is 12.8. The lowest BCUT2D eigenvalue weighted by molar-refractivity contribution is 0.152. The Morgan fingerprint density at radius 1 is 1.18 bits per heavy atom. The van der Waals surface area contributed by atoms with Crippen LogP contribution in [0, 0.1) is 11.8 Å². The van der Waals surface area contributed by atoms with Crippen molar-refractivity contribution in [2.24, 2.45) is 11.8 Å². The minimum Gasteiger partial charge on any atom is -0.497 e. The molecule has 2 aliphatic rings. The number of aromatic nitrogens is 2. The standard InChI is InChI=1S/C21H29N5O2/c1-23(2)21(27)26-13-17-12-25(11-10-24-9-8-22-15-24)14-19(17)20(26)16-4-6-18(28-3)7-5-16/h4-9,15,17,19-20H,10-14H2,1-3H3/t17-,19-,20+/m1/s1. The second kappa shape index (κ2) is 7.83. The monoisotopic (exact) mass is 383 g/mol. The highest BCUT2D eigenvalue weighted by molar-refractivity contribution is 5.75. The molecule has 2 amide bonds. The molecule has 2 fully saturated rings. The van der Waals surface area contributed by atoms with Crippen molar-refractivity contribution in [1.82, 2.24) is 24.3 Å². The molecule has 2 aromatic rings. The number of imidazole rings is 1. The average Bonchev–Trinajstić information content (AvgIpc) is 3.41. The van der Waals surface area contributed by atoms with Crippen molar-refractivity contribution in [2.45, 2.75) is 12.6 Å². The van der Waals surface area contributed by atoms with Crippen LogP contribution in [0.4, 0.5) is 4.79 Å². The van der Waals surface area contributed by atoms with Gasteiger partial charge in [0.1, 0.15) is 5.75 Å². The maximum atomic E-state index is 12.8. The summed E-state index contributed by atoms with van der Waals surface area (Å²) in [5.74, 6) is 1.82. The van der Waals surface area contributed by atoms with Crippen molar-refractivity contribution < 1.29 is 9.53 Å². The van der Waals surface area contributed by atoms with Gasteiger partial charge in [0, 0.05) is 65.1 Å². The SMILES string of the molecule is COc1ccc([C@H]2[C@@H]3CN(CCn4ccnc4)C[C@@H]3CN2C(=O)N(C)C)cc1. The third kappa shape index (κ3) is 3.58. The molecule has 0 unspecified atom stereocenters. The van der Waals surface area contributed by atoms with Gasteiger partial charge in [-0.3, -0.25) is 0 Å². The lowest BCUT2D eigenvalue weighted by Gasteiger charge is -2.32. The van der Waals surface area contributed by atoms with E-state index in [2.05, 4.69) is 31.5 Å².